The zero-order valence-electron chi connectivity index (χ0n) is 7.07. The van der Waals surface area contributed by atoms with E-state index in [-0.39, 0.29) is 0 Å². The van der Waals surface area contributed by atoms with Gasteiger partial charge in [0, 0.05) is 18.1 Å². The molecule has 0 aromatic carbocycles. The van der Waals surface area contributed by atoms with E-state index in [9.17, 15) is 0 Å². The highest BCUT2D eigenvalue weighted by Crippen LogP contribution is 2.30. The van der Waals surface area contributed by atoms with Crippen LogP contribution in [-0.4, -0.2) is 16.5 Å². The lowest BCUT2D eigenvalue weighted by molar-refractivity contribution is 0.658. The molecule has 2 heteroatoms. The zero-order valence-corrected chi connectivity index (χ0v) is 7.89. The lowest BCUT2D eigenvalue weighted by Gasteiger charge is -2.20. The van der Waals surface area contributed by atoms with Crippen LogP contribution in [-0.2, 0) is 0 Å². The SMILES string of the molecule is c1cncc(C2CCCSC2)c1. The third-order valence-electron chi connectivity index (χ3n) is 2.32. The summed E-state index contributed by atoms with van der Waals surface area (Å²) in [5, 5.41) is 0. The van der Waals surface area contributed by atoms with Crippen molar-refractivity contribution in [1.82, 2.24) is 4.98 Å². The van der Waals surface area contributed by atoms with E-state index in [4.69, 9.17) is 0 Å². The van der Waals surface area contributed by atoms with Gasteiger partial charge in [0.15, 0.2) is 0 Å². The van der Waals surface area contributed by atoms with E-state index >= 15 is 0 Å². The highest BCUT2D eigenvalue weighted by Gasteiger charge is 2.15. The maximum atomic E-state index is 4.15. The number of nitrogens with zero attached hydrogens (tertiary/aromatic N) is 1. The van der Waals surface area contributed by atoms with E-state index in [0.717, 1.165) is 5.92 Å². The molecule has 1 saturated heterocycles. The van der Waals surface area contributed by atoms with Crippen LogP contribution in [0.3, 0.4) is 0 Å². The van der Waals surface area contributed by atoms with Crippen LogP contribution in [0.4, 0.5) is 0 Å². The number of hydrogen-bond acceptors (Lipinski definition) is 2. The molecule has 0 spiro atoms. The molecule has 0 radical (unpaired) electrons. The van der Waals surface area contributed by atoms with Crippen LogP contribution in [0.1, 0.15) is 24.3 Å². The Morgan fingerprint density at radius 1 is 1.50 bits per heavy atom. The average molecular weight is 179 g/mol. The molecular weight excluding hydrogens is 166 g/mol. The predicted molar refractivity (Wildman–Crippen MR) is 53.5 cm³/mol. The summed E-state index contributed by atoms with van der Waals surface area (Å²) in [6.07, 6.45) is 6.57. The highest BCUT2D eigenvalue weighted by molar-refractivity contribution is 7.99. The van der Waals surface area contributed by atoms with Crippen molar-refractivity contribution in [3.05, 3.63) is 30.1 Å². The van der Waals surface area contributed by atoms with Crippen molar-refractivity contribution < 1.29 is 0 Å². The average Bonchev–Trinajstić information content (AvgIpc) is 2.21. The minimum Gasteiger partial charge on any atom is -0.264 e. The Bertz CT molecular complexity index is 229. The van der Waals surface area contributed by atoms with Gasteiger partial charge in [0.05, 0.1) is 0 Å². The quantitative estimate of drug-likeness (QED) is 0.657. The van der Waals surface area contributed by atoms with Crippen molar-refractivity contribution in [2.24, 2.45) is 0 Å². The minimum absolute atomic E-state index is 0.762. The molecule has 1 aromatic rings. The van der Waals surface area contributed by atoms with Gasteiger partial charge in [-0.15, -0.1) is 0 Å². The molecule has 1 aromatic heterocycles. The molecular formula is C10H13NS. The Balaban J connectivity index is 2.08. The Kier molecular flexibility index (Phi) is 2.67. The predicted octanol–water partition coefficient (Wildman–Crippen LogP) is 2.69. The summed E-state index contributed by atoms with van der Waals surface area (Å²) in [6.45, 7) is 0. The Morgan fingerprint density at radius 2 is 2.50 bits per heavy atom. The maximum Gasteiger partial charge on any atom is 0.0302 e. The summed E-state index contributed by atoms with van der Waals surface area (Å²) in [5.41, 5.74) is 1.42. The van der Waals surface area contributed by atoms with Gasteiger partial charge in [0.2, 0.25) is 0 Å². The summed E-state index contributed by atoms with van der Waals surface area (Å²) in [4.78, 5) is 4.15. The molecule has 0 bridgehead atoms. The van der Waals surface area contributed by atoms with E-state index in [2.05, 4.69) is 22.8 Å². The molecule has 0 saturated carbocycles. The van der Waals surface area contributed by atoms with E-state index in [1.165, 1.54) is 29.9 Å². The third kappa shape index (κ3) is 1.81. The number of aromatic nitrogens is 1. The van der Waals surface area contributed by atoms with Gasteiger partial charge in [-0.1, -0.05) is 6.07 Å². The number of hydrogen-bond donors (Lipinski definition) is 0. The molecule has 0 aliphatic carbocycles. The van der Waals surface area contributed by atoms with Crippen molar-refractivity contribution in [3.8, 4) is 0 Å². The van der Waals surface area contributed by atoms with E-state index in [0.29, 0.717) is 0 Å². The van der Waals surface area contributed by atoms with Crippen molar-refractivity contribution in [1.29, 1.82) is 0 Å². The molecule has 0 amide bonds. The molecule has 1 atom stereocenters. The highest BCUT2D eigenvalue weighted by atomic mass is 32.2. The fourth-order valence-corrected chi connectivity index (χ4v) is 2.80. The second kappa shape index (κ2) is 3.94. The molecule has 1 fully saturated rings. The molecule has 1 nitrogen and oxygen atoms in total. The van der Waals surface area contributed by atoms with Crippen LogP contribution in [0.25, 0.3) is 0 Å². The van der Waals surface area contributed by atoms with Crippen molar-refractivity contribution >= 4 is 11.8 Å². The number of pyridine rings is 1. The minimum atomic E-state index is 0.762. The van der Waals surface area contributed by atoms with Gasteiger partial charge in [0.25, 0.3) is 0 Å². The van der Waals surface area contributed by atoms with Crippen LogP contribution in [0.5, 0.6) is 0 Å². The van der Waals surface area contributed by atoms with Crippen LogP contribution in [0.2, 0.25) is 0 Å². The first-order valence-corrected chi connectivity index (χ1v) is 5.60. The van der Waals surface area contributed by atoms with Crippen molar-refractivity contribution in [2.45, 2.75) is 18.8 Å². The first-order chi connectivity index (χ1) is 5.97. The topological polar surface area (TPSA) is 12.9 Å². The van der Waals surface area contributed by atoms with Gasteiger partial charge in [-0.25, -0.2) is 0 Å². The molecule has 1 aliphatic heterocycles. The first kappa shape index (κ1) is 8.11. The summed E-state index contributed by atoms with van der Waals surface area (Å²) in [7, 11) is 0. The van der Waals surface area contributed by atoms with Crippen molar-refractivity contribution in [3.63, 3.8) is 0 Å². The van der Waals surface area contributed by atoms with E-state index in [1.54, 1.807) is 0 Å². The van der Waals surface area contributed by atoms with Crippen LogP contribution in [0.15, 0.2) is 24.5 Å². The molecule has 64 valence electrons. The third-order valence-corrected chi connectivity index (χ3v) is 3.53. The molecule has 2 rings (SSSR count). The first-order valence-electron chi connectivity index (χ1n) is 4.44. The summed E-state index contributed by atoms with van der Waals surface area (Å²) in [6, 6.07) is 4.23. The maximum absolute atomic E-state index is 4.15. The van der Waals surface area contributed by atoms with Gasteiger partial charge < -0.3 is 0 Å². The zero-order chi connectivity index (χ0) is 8.23. The smallest absolute Gasteiger partial charge is 0.0302 e. The van der Waals surface area contributed by atoms with Crippen LogP contribution >= 0.6 is 11.8 Å². The number of rotatable bonds is 1. The van der Waals surface area contributed by atoms with Gasteiger partial charge in [0.1, 0.15) is 0 Å². The molecule has 2 heterocycles. The van der Waals surface area contributed by atoms with Crippen molar-refractivity contribution in [2.75, 3.05) is 11.5 Å². The fourth-order valence-electron chi connectivity index (χ4n) is 1.62. The van der Waals surface area contributed by atoms with E-state index in [1.807, 2.05) is 18.5 Å². The van der Waals surface area contributed by atoms with Crippen LogP contribution < -0.4 is 0 Å². The Hall–Kier alpha value is -0.500. The molecule has 0 N–H and O–H groups in total. The Labute approximate surface area is 77.6 Å². The van der Waals surface area contributed by atoms with E-state index < -0.39 is 0 Å². The monoisotopic (exact) mass is 179 g/mol. The van der Waals surface area contributed by atoms with Gasteiger partial charge in [-0.3, -0.25) is 4.98 Å². The summed E-state index contributed by atoms with van der Waals surface area (Å²) >= 11 is 2.07. The molecule has 12 heavy (non-hydrogen) atoms. The second-order valence-electron chi connectivity index (χ2n) is 3.20. The molecule has 1 unspecified atom stereocenters. The standard InChI is InChI=1S/C10H13NS/c1-3-9(7-11-5-1)10-4-2-6-12-8-10/h1,3,5,7,10H,2,4,6,8H2. The lowest BCUT2D eigenvalue weighted by atomic mass is 9.98. The number of thioether (sulfide) groups is 1. The van der Waals surface area contributed by atoms with Gasteiger partial charge in [-0.05, 0) is 36.1 Å². The summed E-state index contributed by atoms with van der Waals surface area (Å²) < 4.78 is 0. The lowest BCUT2D eigenvalue weighted by Crippen LogP contribution is -2.08. The fraction of sp³-hybridized carbons (Fsp3) is 0.500. The van der Waals surface area contributed by atoms with Crippen LogP contribution in [0, 0.1) is 0 Å². The largest absolute Gasteiger partial charge is 0.264 e. The van der Waals surface area contributed by atoms with Gasteiger partial charge in [-0.2, -0.15) is 11.8 Å². The molecule has 1 aliphatic rings. The normalized spacial score (nSPS) is 23.8. The second-order valence-corrected chi connectivity index (χ2v) is 4.35. The summed E-state index contributed by atoms with van der Waals surface area (Å²) in [5.74, 6) is 3.39. The van der Waals surface area contributed by atoms with Gasteiger partial charge >= 0.3 is 0 Å². The Morgan fingerprint density at radius 3 is 3.17 bits per heavy atom.